The van der Waals surface area contributed by atoms with Gasteiger partial charge in [-0.3, -0.25) is 4.79 Å². The van der Waals surface area contributed by atoms with E-state index in [1.165, 1.54) is 0 Å². The maximum Gasteiger partial charge on any atom is 0.136 e. The Morgan fingerprint density at radius 1 is 1.80 bits per heavy atom. The van der Waals surface area contributed by atoms with E-state index in [1.54, 1.807) is 6.92 Å². The van der Waals surface area contributed by atoms with Gasteiger partial charge in [0.2, 0.25) is 0 Å². The second kappa shape index (κ2) is 2.86. The molecule has 0 radical (unpaired) electrons. The fraction of sp³-hybridized carbons (Fsp3) is 0.625. The van der Waals surface area contributed by atoms with Gasteiger partial charge < -0.3 is 4.74 Å². The van der Waals surface area contributed by atoms with Crippen LogP contribution in [0.2, 0.25) is 0 Å². The van der Waals surface area contributed by atoms with Gasteiger partial charge >= 0.3 is 0 Å². The van der Waals surface area contributed by atoms with Crippen molar-refractivity contribution in [3.8, 4) is 0 Å². The summed E-state index contributed by atoms with van der Waals surface area (Å²) in [5.41, 5.74) is 0. The number of ether oxygens (including phenoxy) is 1. The molecule has 1 aliphatic rings. The summed E-state index contributed by atoms with van der Waals surface area (Å²) in [5.74, 6) is 1.27. The highest BCUT2D eigenvalue weighted by molar-refractivity contribution is 5.78. The van der Waals surface area contributed by atoms with E-state index in [4.69, 9.17) is 4.74 Å². The molecule has 1 heterocycles. The van der Waals surface area contributed by atoms with Gasteiger partial charge in [-0.25, -0.2) is 0 Å². The van der Waals surface area contributed by atoms with Gasteiger partial charge in [0, 0.05) is 0 Å². The third-order valence-electron chi connectivity index (χ3n) is 1.78. The lowest BCUT2D eigenvalue weighted by Crippen LogP contribution is -2.19. The summed E-state index contributed by atoms with van der Waals surface area (Å²) in [5, 5.41) is 0. The smallest absolute Gasteiger partial charge is 0.136 e. The van der Waals surface area contributed by atoms with Gasteiger partial charge in [0.25, 0.3) is 0 Å². The molecule has 0 amide bonds. The molecule has 0 aliphatic carbocycles. The predicted octanol–water partition coefficient (Wildman–Crippen LogP) is 1.52. The van der Waals surface area contributed by atoms with Gasteiger partial charge in [0.05, 0.1) is 18.3 Å². The Balaban J connectivity index is 2.50. The van der Waals surface area contributed by atoms with Crippen molar-refractivity contribution in [3.63, 3.8) is 0 Å². The Morgan fingerprint density at radius 2 is 2.50 bits per heavy atom. The van der Waals surface area contributed by atoms with Crippen LogP contribution in [-0.2, 0) is 9.53 Å². The molecule has 0 saturated carbocycles. The Hall–Kier alpha value is -0.790. The molecule has 1 aliphatic heterocycles. The van der Waals surface area contributed by atoms with E-state index >= 15 is 0 Å². The van der Waals surface area contributed by atoms with Gasteiger partial charge in [0.1, 0.15) is 5.78 Å². The van der Waals surface area contributed by atoms with Crippen LogP contribution >= 0.6 is 0 Å². The molecule has 1 rings (SSSR count). The summed E-state index contributed by atoms with van der Waals surface area (Å²) in [6.45, 7) is 4.09. The normalized spacial score (nSPS) is 25.0. The van der Waals surface area contributed by atoms with E-state index in [-0.39, 0.29) is 11.7 Å². The number of carbonyl (C=O) groups is 1. The average molecular weight is 140 g/mol. The van der Waals surface area contributed by atoms with Crippen molar-refractivity contribution in [2.45, 2.75) is 20.3 Å². The third-order valence-corrected chi connectivity index (χ3v) is 1.78. The predicted molar refractivity (Wildman–Crippen MR) is 38.5 cm³/mol. The number of carbonyl (C=O) groups excluding carboxylic acids is 1. The van der Waals surface area contributed by atoms with Crippen LogP contribution in [0, 0.1) is 5.92 Å². The monoisotopic (exact) mass is 140 g/mol. The van der Waals surface area contributed by atoms with Crippen molar-refractivity contribution < 1.29 is 9.53 Å². The first-order valence-electron chi connectivity index (χ1n) is 3.50. The standard InChI is InChI=1S/C8H12O2/c1-6-3-4-8(5-10-6)7(2)9/h3,8H,4-5H2,1-2H3. The molecule has 0 saturated heterocycles. The number of Topliss-reactive ketones (excluding diaryl/α,β-unsaturated/α-hetero) is 1. The minimum Gasteiger partial charge on any atom is -0.498 e. The Morgan fingerprint density at radius 3 is 2.90 bits per heavy atom. The van der Waals surface area contributed by atoms with E-state index in [0.717, 1.165) is 12.2 Å². The number of allylic oxidation sites excluding steroid dienone is 2. The summed E-state index contributed by atoms with van der Waals surface area (Å²) >= 11 is 0. The van der Waals surface area contributed by atoms with E-state index in [2.05, 4.69) is 0 Å². The zero-order valence-corrected chi connectivity index (χ0v) is 6.39. The second-order valence-corrected chi connectivity index (χ2v) is 2.67. The van der Waals surface area contributed by atoms with E-state index in [1.807, 2.05) is 13.0 Å². The van der Waals surface area contributed by atoms with Gasteiger partial charge in [-0.2, -0.15) is 0 Å². The molecule has 0 bridgehead atoms. The molecule has 2 nitrogen and oxygen atoms in total. The molecule has 0 aromatic rings. The fourth-order valence-electron chi connectivity index (χ4n) is 0.951. The van der Waals surface area contributed by atoms with E-state index in [9.17, 15) is 4.79 Å². The molecular weight excluding hydrogens is 128 g/mol. The zero-order chi connectivity index (χ0) is 7.56. The quantitative estimate of drug-likeness (QED) is 0.552. The van der Waals surface area contributed by atoms with Crippen LogP contribution < -0.4 is 0 Å². The second-order valence-electron chi connectivity index (χ2n) is 2.67. The number of hydrogen-bond acceptors (Lipinski definition) is 2. The summed E-state index contributed by atoms with van der Waals surface area (Å²) in [7, 11) is 0. The van der Waals surface area contributed by atoms with Crippen LogP contribution in [0.15, 0.2) is 11.8 Å². The lowest BCUT2D eigenvalue weighted by atomic mass is 10.0. The fourth-order valence-corrected chi connectivity index (χ4v) is 0.951. The molecule has 0 spiro atoms. The molecule has 1 atom stereocenters. The molecule has 10 heavy (non-hydrogen) atoms. The number of hydrogen-bond donors (Lipinski definition) is 0. The van der Waals surface area contributed by atoms with Crippen molar-refractivity contribution in [2.75, 3.05) is 6.61 Å². The first kappa shape index (κ1) is 7.32. The summed E-state index contributed by atoms with van der Waals surface area (Å²) in [6.07, 6.45) is 2.82. The highest BCUT2D eigenvalue weighted by Crippen LogP contribution is 2.15. The Bertz CT molecular complexity index is 170. The SMILES string of the molecule is CC(=O)C1CC=C(C)OC1. The molecule has 0 N–H and O–H groups in total. The van der Waals surface area contributed by atoms with Crippen molar-refractivity contribution in [1.82, 2.24) is 0 Å². The highest BCUT2D eigenvalue weighted by atomic mass is 16.5. The van der Waals surface area contributed by atoms with Crippen LogP contribution in [0.3, 0.4) is 0 Å². The summed E-state index contributed by atoms with van der Waals surface area (Å²) in [6, 6.07) is 0. The van der Waals surface area contributed by atoms with Crippen molar-refractivity contribution >= 4 is 5.78 Å². The lowest BCUT2D eigenvalue weighted by molar-refractivity contribution is -0.122. The largest absolute Gasteiger partial charge is 0.498 e. The minimum absolute atomic E-state index is 0.101. The van der Waals surface area contributed by atoms with E-state index < -0.39 is 0 Å². The molecule has 1 unspecified atom stereocenters. The first-order chi connectivity index (χ1) is 4.70. The minimum atomic E-state index is 0.101. The zero-order valence-electron chi connectivity index (χ0n) is 6.39. The van der Waals surface area contributed by atoms with Crippen LogP contribution in [0.5, 0.6) is 0 Å². The average Bonchev–Trinajstić information content (AvgIpc) is 1.88. The molecule has 0 aromatic carbocycles. The Kier molecular flexibility index (Phi) is 2.10. The van der Waals surface area contributed by atoms with Crippen molar-refractivity contribution in [3.05, 3.63) is 11.8 Å². The molecular formula is C8H12O2. The summed E-state index contributed by atoms with van der Waals surface area (Å²) in [4.78, 5) is 10.8. The molecule has 2 heteroatoms. The number of rotatable bonds is 1. The van der Waals surface area contributed by atoms with Crippen molar-refractivity contribution in [2.24, 2.45) is 5.92 Å². The first-order valence-corrected chi connectivity index (χ1v) is 3.50. The van der Waals surface area contributed by atoms with Crippen molar-refractivity contribution in [1.29, 1.82) is 0 Å². The number of ketones is 1. The van der Waals surface area contributed by atoms with Gasteiger partial charge in [0.15, 0.2) is 0 Å². The molecule has 0 aromatic heterocycles. The van der Waals surface area contributed by atoms with Gasteiger partial charge in [-0.1, -0.05) is 0 Å². The topological polar surface area (TPSA) is 26.3 Å². The van der Waals surface area contributed by atoms with Crippen LogP contribution in [0.4, 0.5) is 0 Å². The lowest BCUT2D eigenvalue weighted by Gasteiger charge is -2.18. The van der Waals surface area contributed by atoms with E-state index in [0.29, 0.717) is 6.61 Å². The molecule has 56 valence electrons. The maximum absolute atomic E-state index is 10.8. The maximum atomic E-state index is 10.8. The highest BCUT2D eigenvalue weighted by Gasteiger charge is 2.16. The van der Waals surface area contributed by atoms with Crippen LogP contribution in [-0.4, -0.2) is 12.4 Å². The third kappa shape index (κ3) is 1.59. The molecule has 0 fully saturated rings. The van der Waals surface area contributed by atoms with Gasteiger partial charge in [-0.15, -0.1) is 0 Å². The van der Waals surface area contributed by atoms with Crippen LogP contribution in [0.25, 0.3) is 0 Å². The van der Waals surface area contributed by atoms with Crippen LogP contribution in [0.1, 0.15) is 20.3 Å². The summed E-state index contributed by atoms with van der Waals surface area (Å²) < 4.78 is 5.19. The van der Waals surface area contributed by atoms with Gasteiger partial charge in [-0.05, 0) is 26.3 Å². The Labute approximate surface area is 60.9 Å².